The Morgan fingerprint density at radius 2 is 1.32 bits per heavy atom. The summed E-state index contributed by atoms with van der Waals surface area (Å²) in [6.45, 7) is 0. The standard InChI is InChI=1S/C16H26N2O/c17-18-15-13-11-9-7-5-3-1-2-4-6-8-10-12-14-16(15)19/h1,3H,2,4-14H2. The van der Waals surface area contributed by atoms with Crippen molar-refractivity contribution in [2.75, 3.05) is 0 Å². The first-order valence-corrected chi connectivity index (χ1v) is 7.73. The summed E-state index contributed by atoms with van der Waals surface area (Å²) in [6.07, 6.45) is 17.0. The fourth-order valence-corrected chi connectivity index (χ4v) is 2.43. The number of nitrogens with zero attached hydrogens (tertiary/aromatic N) is 2. The molecule has 19 heavy (non-hydrogen) atoms. The molecule has 3 nitrogen and oxygen atoms in total. The average molecular weight is 262 g/mol. The fraction of sp³-hybridized carbons (Fsp3) is 0.750. The van der Waals surface area contributed by atoms with Gasteiger partial charge in [0.2, 0.25) is 5.78 Å². The van der Waals surface area contributed by atoms with Crippen molar-refractivity contribution in [2.45, 2.75) is 77.0 Å². The van der Waals surface area contributed by atoms with Gasteiger partial charge in [0.25, 0.3) is 0 Å². The molecule has 0 saturated heterocycles. The Morgan fingerprint density at radius 1 is 0.789 bits per heavy atom. The summed E-state index contributed by atoms with van der Waals surface area (Å²) in [5, 5.41) is 0. The van der Waals surface area contributed by atoms with Crippen LogP contribution in [0.4, 0.5) is 0 Å². The van der Waals surface area contributed by atoms with Gasteiger partial charge in [0.15, 0.2) is 0 Å². The highest BCUT2D eigenvalue weighted by atomic mass is 16.1. The molecule has 1 aliphatic rings. The van der Waals surface area contributed by atoms with Gasteiger partial charge < -0.3 is 5.53 Å². The summed E-state index contributed by atoms with van der Waals surface area (Å²) in [5.74, 6) is 0.0366. The molecule has 0 spiro atoms. The lowest BCUT2D eigenvalue weighted by molar-refractivity contribution is -0.117. The topological polar surface area (TPSA) is 53.5 Å². The van der Waals surface area contributed by atoms with Gasteiger partial charge in [-0.05, 0) is 38.5 Å². The Morgan fingerprint density at radius 3 is 2.00 bits per heavy atom. The molecule has 0 amide bonds. The van der Waals surface area contributed by atoms with Gasteiger partial charge in [-0.2, -0.15) is 4.79 Å². The summed E-state index contributed by atoms with van der Waals surface area (Å²) in [4.78, 5) is 15.0. The molecule has 0 radical (unpaired) electrons. The van der Waals surface area contributed by atoms with Crippen LogP contribution in [0.15, 0.2) is 12.2 Å². The molecular formula is C16H26N2O. The Balaban J connectivity index is 2.41. The van der Waals surface area contributed by atoms with E-state index in [4.69, 9.17) is 5.53 Å². The smallest absolute Gasteiger partial charge is 0.334 e. The van der Waals surface area contributed by atoms with Crippen molar-refractivity contribution < 1.29 is 9.58 Å². The second-order valence-electron chi connectivity index (χ2n) is 5.35. The van der Waals surface area contributed by atoms with Crippen LogP contribution in [-0.4, -0.2) is 16.3 Å². The highest BCUT2D eigenvalue weighted by molar-refractivity contribution is 6.37. The first-order chi connectivity index (χ1) is 9.34. The molecule has 0 aromatic carbocycles. The normalized spacial score (nSPS) is 21.1. The van der Waals surface area contributed by atoms with Gasteiger partial charge in [0, 0.05) is 6.42 Å². The van der Waals surface area contributed by atoms with E-state index in [1.54, 1.807) is 0 Å². The molecule has 0 aromatic heterocycles. The predicted molar refractivity (Wildman–Crippen MR) is 78.2 cm³/mol. The first kappa shape index (κ1) is 15.8. The number of Topliss-reactive ketones (excluding diaryl/α,β-unsaturated/α-hetero) is 1. The maximum absolute atomic E-state index is 11.8. The van der Waals surface area contributed by atoms with Gasteiger partial charge in [-0.1, -0.05) is 37.8 Å². The summed E-state index contributed by atoms with van der Waals surface area (Å²) >= 11 is 0. The zero-order valence-electron chi connectivity index (χ0n) is 11.9. The van der Waals surface area contributed by atoms with Crippen LogP contribution in [0.1, 0.15) is 77.0 Å². The van der Waals surface area contributed by atoms with E-state index >= 15 is 0 Å². The monoisotopic (exact) mass is 262 g/mol. The minimum Gasteiger partial charge on any atom is -0.361 e. The van der Waals surface area contributed by atoms with Crippen molar-refractivity contribution in [3.05, 3.63) is 17.7 Å². The quantitative estimate of drug-likeness (QED) is 0.361. The molecule has 0 aliphatic heterocycles. The number of carbonyl (C=O) groups excluding carboxylic acids is 1. The van der Waals surface area contributed by atoms with Crippen LogP contribution in [0, 0.1) is 0 Å². The van der Waals surface area contributed by atoms with Crippen molar-refractivity contribution in [1.82, 2.24) is 0 Å². The number of ketones is 1. The minimum absolute atomic E-state index is 0.0366. The molecule has 1 rings (SSSR count). The zero-order valence-corrected chi connectivity index (χ0v) is 11.9. The number of carbonyl (C=O) groups is 1. The maximum atomic E-state index is 11.8. The Kier molecular flexibility index (Phi) is 8.91. The van der Waals surface area contributed by atoms with Gasteiger partial charge in [-0.15, -0.1) is 0 Å². The van der Waals surface area contributed by atoms with Crippen LogP contribution in [-0.2, 0) is 4.79 Å². The zero-order chi connectivity index (χ0) is 13.8. The van der Waals surface area contributed by atoms with E-state index in [2.05, 4.69) is 16.9 Å². The van der Waals surface area contributed by atoms with Gasteiger partial charge in [0.1, 0.15) is 0 Å². The van der Waals surface area contributed by atoms with Gasteiger partial charge in [0.05, 0.1) is 6.42 Å². The van der Waals surface area contributed by atoms with Crippen LogP contribution in [0.3, 0.4) is 0 Å². The van der Waals surface area contributed by atoms with Crippen LogP contribution in [0.5, 0.6) is 0 Å². The van der Waals surface area contributed by atoms with Crippen molar-refractivity contribution in [2.24, 2.45) is 0 Å². The van der Waals surface area contributed by atoms with E-state index in [0.717, 1.165) is 38.5 Å². The molecule has 0 aromatic rings. The Labute approximate surface area is 116 Å². The van der Waals surface area contributed by atoms with E-state index in [9.17, 15) is 4.79 Å². The Bertz CT molecular complexity index is 341. The van der Waals surface area contributed by atoms with Gasteiger partial charge in [-0.3, -0.25) is 4.79 Å². The molecule has 0 atom stereocenters. The third kappa shape index (κ3) is 7.74. The second-order valence-corrected chi connectivity index (χ2v) is 5.35. The average Bonchev–Trinajstić information content (AvgIpc) is 2.42. The van der Waals surface area contributed by atoms with Crippen molar-refractivity contribution >= 4 is 11.5 Å². The molecule has 3 heteroatoms. The number of hydrogen-bond donors (Lipinski definition) is 0. The van der Waals surface area contributed by atoms with Gasteiger partial charge >= 0.3 is 5.71 Å². The molecule has 0 unspecified atom stereocenters. The molecule has 0 N–H and O–H groups in total. The third-order valence-electron chi connectivity index (χ3n) is 3.67. The van der Waals surface area contributed by atoms with E-state index in [1.165, 1.54) is 25.7 Å². The molecule has 0 heterocycles. The number of rotatable bonds is 0. The number of hydrogen-bond acceptors (Lipinski definition) is 1. The summed E-state index contributed by atoms with van der Waals surface area (Å²) < 4.78 is 0. The van der Waals surface area contributed by atoms with Crippen LogP contribution in [0.25, 0.3) is 5.53 Å². The molecule has 0 bridgehead atoms. The summed E-state index contributed by atoms with van der Waals surface area (Å²) in [7, 11) is 0. The SMILES string of the molecule is [N-]=[N+]=C1CCCCCC=CCCCCCCCC1=O. The number of allylic oxidation sites excluding steroid dienone is 2. The highest BCUT2D eigenvalue weighted by Crippen LogP contribution is 2.11. The Hall–Kier alpha value is -1.21. The predicted octanol–water partition coefficient (Wildman–Crippen LogP) is 4.48. The minimum atomic E-state index is 0.0366. The second kappa shape index (κ2) is 10.7. The largest absolute Gasteiger partial charge is 0.361 e. The lowest BCUT2D eigenvalue weighted by Gasteiger charge is -2.01. The fourth-order valence-electron chi connectivity index (χ4n) is 2.43. The van der Waals surface area contributed by atoms with Crippen LogP contribution >= 0.6 is 0 Å². The van der Waals surface area contributed by atoms with Gasteiger partial charge in [-0.25, -0.2) is 0 Å². The van der Waals surface area contributed by atoms with E-state index in [1.807, 2.05) is 0 Å². The van der Waals surface area contributed by atoms with Crippen molar-refractivity contribution in [3.8, 4) is 0 Å². The lowest BCUT2D eigenvalue weighted by atomic mass is 10.0. The molecular weight excluding hydrogens is 236 g/mol. The summed E-state index contributed by atoms with van der Waals surface area (Å²) in [6, 6.07) is 0. The first-order valence-electron chi connectivity index (χ1n) is 7.73. The van der Waals surface area contributed by atoms with Crippen molar-refractivity contribution in [1.29, 1.82) is 0 Å². The highest BCUT2D eigenvalue weighted by Gasteiger charge is 2.18. The van der Waals surface area contributed by atoms with E-state index in [-0.39, 0.29) is 5.78 Å². The van der Waals surface area contributed by atoms with E-state index < -0.39 is 0 Å². The molecule has 106 valence electrons. The maximum Gasteiger partial charge on any atom is 0.334 e. The summed E-state index contributed by atoms with van der Waals surface area (Å²) in [5.41, 5.74) is 9.28. The molecule has 0 fully saturated rings. The third-order valence-corrected chi connectivity index (χ3v) is 3.67. The van der Waals surface area contributed by atoms with Crippen molar-refractivity contribution in [3.63, 3.8) is 0 Å². The van der Waals surface area contributed by atoms with Crippen LogP contribution in [0.2, 0.25) is 0 Å². The lowest BCUT2D eigenvalue weighted by Crippen LogP contribution is -2.15. The molecule has 1 aliphatic carbocycles. The molecule has 0 saturated carbocycles. The van der Waals surface area contributed by atoms with Crippen LogP contribution < -0.4 is 0 Å². The van der Waals surface area contributed by atoms with E-state index in [0.29, 0.717) is 18.6 Å².